The van der Waals surface area contributed by atoms with Gasteiger partial charge in [0.05, 0.1) is 19.8 Å². The molecule has 1 rings (SSSR count). The van der Waals surface area contributed by atoms with Crippen LogP contribution in [-0.2, 0) is 14.3 Å². The number of rotatable bonds is 17. The molecule has 178 valence electrons. The topological polar surface area (TPSA) is 128 Å². The minimum atomic E-state index is -1.34. The Balaban J connectivity index is 2.23. The van der Waals surface area contributed by atoms with Gasteiger partial charge in [-0.1, -0.05) is 71.1 Å². The monoisotopic (exact) mass is 433 g/mol. The highest BCUT2D eigenvalue weighted by Gasteiger charge is 2.45. The van der Waals surface area contributed by atoms with Crippen LogP contribution in [-0.4, -0.2) is 76.8 Å². The lowest BCUT2D eigenvalue weighted by molar-refractivity contribution is -0.271. The smallest absolute Gasteiger partial charge is 0.220 e. The molecule has 5 N–H and O–H groups in total. The van der Waals surface area contributed by atoms with E-state index in [1.165, 1.54) is 51.4 Å². The molecule has 8 heteroatoms. The number of amides is 1. The molecule has 0 unspecified atom stereocenters. The fraction of sp³-hybridized carbons (Fsp3) is 0.955. The van der Waals surface area contributed by atoms with Gasteiger partial charge < -0.3 is 35.2 Å². The van der Waals surface area contributed by atoms with Gasteiger partial charge in [-0.25, -0.2) is 0 Å². The van der Waals surface area contributed by atoms with E-state index < -0.39 is 37.3 Å². The Labute approximate surface area is 181 Å². The summed E-state index contributed by atoms with van der Waals surface area (Å²) in [6, 6.07) is -0.963. The van der Waals surface area contributed by atoms with Crippen LogP contribution in [0.2, 0.25) is 0 Å². The van der Waals surface area contributed by atoms with Gasteiger partial charge in [-0.15, -0.1) is 0 Å². The van der Waals surface area contributed by atoms with Crippen LogP contribution in [0.4, 0.5) is 0 Å². The third-order valence-corrected chi connectivity index (χ3v) is 5.59. The summed E-state index contributed by atoms with van der Waals surface area (Å²) in [6.45, 7) is 1.44. The first-order valence-corrected chi connectivity index (χ1v) is 11.7. The molecule has 30 heavy (non-hydrogen) atoms. The van der Waals surface area contributed by atoms with E-state index in [4.69, 9.17) is 14.6 Å². The van der Waals surface area contributed by atoms with Gasteiger partial charge in [0.15, 0.2) is 6.29 Å². The first-order valence-electron chi connectivity index (χ1n) is 11.7. The Morgan fingerprint density at radius 3 is 2.00 bits per heavy atom. The van der Waals surface area contributed by atoms with Gasteiger partial charge in [-0.2, -0.15) is 0 Å². The van der Waals surface area contributed by atoms with Gasteiger partial charge in [-0.3, -0.25) is 4.79 Å². The Morgan fingerprint density at radius 2 is 1.47 bits per heavy atom. The highest BCUT2D eigenvalue weighted by Crippen LogP contribution is 2.22. The van der Waals surface area contributed by atoms with E-state index in [-0.39, 0.29) is 19.1 Å². The molecule has 0 aliphatic carbocycles. The third kappa shape index (κ3) is 10.5. The summed E-state index contributed by atoms with van der Waals surface area (Å²) in [5.41, 5.74) is 0. The first kappa shape index (κ1) is 27.3. The molecule has 5 atom stereocenters. The minimum absolute atomic E-state index is 0.0450. The van der Waals surface area contributed by atoms with Crippen molar-refractivity contribution < 1.29 is 34.7 Å². The maximum absolute atomic E-state index is 12.3. The number of hydrogen-bond acceptors (Lipinski definition) is 7. The van der Waals surface area contributed by atoms with E-state index in [1.54, 1.807) is 0 Å². The fourth-order valence-electron chi connectivity index (χ4n) is 3.75. The van der Waals surface area contributed by atoms with Crippen LogP contribution < -0.4 is 5.32 Å². The summed E-state index contributed by atoms with van der Waals surface area (Å²) in [4.78, 5) is 12.3. The number of unbranched alkanes of at least 4 members (excludes halogenated alkanes) is 10. The second kappa shape index (κ2) is 16.9. The van der Waals surface area contributed by atoms with Crippen molar-refractivity contribution in [3.8, 4) is 0 Å². The molecule has 1 aliphatic rings. The molecule has 8 nitrogen and oxygen atoms in total. The van der Waals surface area contributed by atoms with Crippen molar-refractivity contribution in [2.75, 3.05) is 19.8 Å². The van der Waals surface area contributed by atoms with Crippen molar-refractivity contribution in [1.82, 2.24) is 5.32 Å². The molecule has 0 spiro atoms. The number of carbonyl (C=O) groups excluding carboxylic acids is 1. The van der Waals surface area contributed by atoms with Crippen LogP contribution in [0.1, 0.15) is 84.0 Å². The molecule has 0 aromatic rings. The van der Waals surface area contributed by atoms with Crippen molar-refractivity contribution in [3.63, 3.8) is 0 Å². The molecule has 1 heterocycles. The van der Waals surface area contributed by atoms with Crippen LogP contribution in [0.3, 0.4) is 0 Å². The standard InChI is InChI=1S/C22H43NO7/c1-2-3-4-5-6-7-8-9-10-11-12-13-18(26)23-19-21(28)20(27)17(16-25)30-22(19)29-15-14-24/h17,19-22,24-25,27-28H,2-16H2,1H3,(H,23,26)/t17-,19-,20-,21-,22+/m1/s1. The van der Waals surface area contributed by atoms with Crippen LogP contribution >= 0.6 is 0 Å². The summed E-state index contributed by atoms with van der Waals surface area (Å²) >= 11 is 0. The summed E-state index contributed by atoms with van der Waals surface area (Å²) in [5, 5.41) is 41.3. The molecule has 0 saturated carbocycles. The van der Waals surface area contributed by atoms with Crippen LogP contribution in [0.15, 0.2) is 0 Å². The number of hydrogen-bond donors (Lipinski definition) is 5. The zero-order valence-electron chi connectivity index (χ0n) is 18.5. The lowest BCUT2D eigenvalue weighted by atomic mass is 9.96. The first-order chi connectivity index (χ1) is 14.5. The van der Waals surface area contributed by atoms with Gasteiger partial charge in [0, 0.05) is 6.42 Å². The van der Waals surface area contributed by atoms with E-state index >= 15 is 0 Å². The van der Waals surface area contributed by atoms with Crippen LogP contribution in [0.25, 0.3) is 0 Å². The van der Waals surface area contributed by atoms with Crippen molar-refractivity contribution >= 4 is 5.91 Å². The molecular formula is C22H43NO7. The minimum Gasteiger partial charge on any atom is -0.394 e. The molecule has 0 radical (unpaired) electrons. The van der Waals surface area contributed by atoms with Crippen LogP contribution in [0.5, 0.6) is 0 Å². The zero-order valence-corrected chi connectivity index (χ0v) is 18.5. The van der Waals surface area contributed by atoms with Crippen molar-refractivity contribution in [1.29, 1.82) is 0 Å². The largest absolute Gasteiger partial charge is 0.394 e. The normalized spacial score (nSPS) is 26.6. The molecule has 1 saturated heterocycles. The number of aliphatic hydroxyl groups is 4. The fourth-order valence-corrected chi connectivity index (χ4v) is 3.75. The van der Waals surface area contributed by atoms with Crippen molar-refractivity contribution in [2.45, 2.75) is 115 Å². The third-order valence-electron chi connectivity index (χ3n) is 5.59. The Morgan fingerprint density at radius 1 is 0.900 bits per heavy atom. The zero-order chi connectivity index (χ0) is 22.2. The Bertz CT molecular complexity index is 438. The van der Waals surface area contributed by atoms with Gasteiger partial charge in [0.25, 0.3) is 0 Å². The molecular weight excluding hydrogens is 390 g/mol. The summed E-state index contributed by atoms with van der Waals surface area (Å²) < 4.78 is 10.8. The van der Waals surface area contributed by atoms with Crippen molar-refractivity contribution in [2.24, 2.45) is 0 Å². The van der Waals surface area contributed by atoms with E-state index in [0.717, 1.165) is 19.3 Å². The molecule has 1 aliphatic heterocycles. The summed E-state index contributed by atoms with van der Waals surface area (Å²) in [6.07, 6.45) is 8.78. The average molecular weight is 434 g/mol. The highest BCUT2D eigenvalue weighted by atomic mass is 16.7. The SMILES string of the molecule is CCCCCCCCCCCCCC(=O)N[C@H]1[C@@H](OCCO)O[C@H](CO)[C@@H](O)[C@@H]1O. The van der Waals surface area contributed by atoms with Gasteiger partial charge in [-0.05, 0) is 6.42 Å². The second-order valence-corrected chi connectivity index (χ2v) is 8.18. The van der Waals surface area contributed by atoms with Crippen LogP contribution in [0, 0.1) is 0 Å². The second-order valence-electron chi connectivity index (χ2n) is 8.18. The van der Waals surface area contributed by atoms with E-state index in [2.05, 4.69) is 12.2 Å². The van der Waals surface area contributed by atoms with E-state index in [1.807, 2.05) is 0 Å². The maximum Gasteiger partial charge on any atom is 0.220 e. The predicted octanol–water partition coefficient (Wildman–Crippen LogP) is 1.62. The number of carbonyl (C=O) groups is 1. The quantitative estimate of drug-likeness (QED) is 0.221. The molecule has 0 aromatic heterocycles. The van der Waals surface area contributed by atoms with Crippen molar-refractivity contribution in [3.05, 3.63) is 0 Å². The lowest BCUT2D eigenvalue weighted by Gasteiger charge is -2.42. The lowest BCUT2D eigenvalue weighted by Crippen LogP contribution is -2.64. The number of aliphatic hydroxyl groups excluding tert-OH is 4. The number of ether oxygens (including phenoxy) is 2. The Kier molecular flexibility index (Phi) is 15.3. The molecule has 0 bridgehead atoms. The van der Waals surface area contributed by atoms with Gasteiger partial charge in [0.2, 0.25) is 5.91 Å². The molecule has 1 fully saturated rings. The summed E-state index contributed by atoms with van der Waals surface area (Å²) in [7, 11) is 0. The van der Waals surface area contributed by atoms with Gasteiger partial charge in [0.1, 0.15) is 24.4 Å². The highest BCUT2D eigenvalue weighted by molar-refractivity contribution is 5.76. The number of nitrogens with one attached hydrogen (secondary N) is 1. The molecule has 1 amide bonds. The maximum atomic E-state index is 12.3. The Hall–Kier alpha value is -0.770. The predicted molar refractivity (Wildman–Crippen MR) is 114 cm³/mol. The van der Waals surface area contributed by atoms with E-state index in [9.17, 15) is 20.1 Å². The van der Waals surface area contributed by atoms with Gasteiger partial charge >= 0.3 is 0 Å². The summed E-state index contributed by atoms with van der Waals surface area (Å²) in [5.74, 6) is -0.245. The van der Waals surface area contributed by atoms with E-state index in [0.29, 0.717) is 6.42 Å². The molecule has 0 aromatic carbocycles. The average Bonchev–Trinajstić information content (AvgIpc) is 2.74.